The number of hydrogen-bond donors (Lipinski definition) is 0. The minimum atomic E-state index is -0.469. The number of para-hydroxylation sites is 1. The van der Waals surface area contributed by atoms with Crippen molar-refractivity contribution >= 4 is 22.7 Å². The number of piperazine rings is 1. The molecule has 44 heavy (non-hydrogen) atoms. The molecule has 228 valence electrons. The minimum Gasteiger partial charge on any atom is -0.381 e. The van der Waals surface area contributed by atoms with E-state index >= 15 is 0 Å². The normalized spacial score (nSPS) is 25.5. The van der Waals surface area contributed by atoms with Crippen molar-refractivity contribution in [3.8, 4) is 11.1 Å². The number of carbonyl (C=O) groups excluding carboxylic acids is 1. The van der Waals surface area contributed by atoms with Gasteiger partial charge in [-0.05, 0) is 78.4 Å². The molecule has 3 heterocycles. The highest BCUT2D eigenvalue weighted by Gasteiger charge is 2.87. The molecule has 1 aromatic heterocycles. The number of fused-ring (bicyclic) bond motifs is 4. The number of nitrogens with zero attached hydrogens (tertiary/aromatic N) is 5. The lowest BCUT2D eigenvalue weighted by molar-refractivity contribution is -0.858. The average molecular weight is 593 g/mol. The predicted octanol–water partition coefficient (Wildman–Crippen LogP) is 6.05. The fraction of sp³-hybridized carbons (Fsp3) is 0.472. The Kier molecular flexibility index (Phi) is 6.76. The quantitative estimate of drug-likeness (QED) is 0.160. The molecule has 0 atom stereocenters. The van der Waals surface area contributed by atoms with E-state index in [1.807, 2.05) is 43.5 Å². The molecule has 0 unspecified atom stereocenters. The van der Waals surface area contributed by atoms with Crippen molar-refractivity contribution < 1.29 is 18.9 Å². The molecule has 3 spiro atoms. The average Bonchev–Trinajstić information content (AvgIpc) is 3.32. The van der Waals surface area contributed by atoms with Crippen LogP contribution in [0.25, 0.3) is 22.2 Å². The smallest absolute Gasteiger partial charge is 0.365 e. The van der Waals surface area contributed by atoms with Crippen molar-refractivity contribution in [2.24, 2.45) is 0 Å². The third-order valence-electron chi connectivity index (χ3n) is 11.9. The molecule has 0 radical (unpaired) electrons. The minimum absolute atomic E-state index is 0.465. The molecular weight excluding hydrogens is 550 g/mol. The zero-order valence-electron chi connectivity index (χ0n) is 25.7. The van der Waals surface area contributed by atoms with Crippen LogP contribution in [0.15, 0.2) is 72.8 Å². The van der Waals surface area contributed by atoms with E-state index in [0.717, 1.165) is 24.2 Å². The molecule has 4 aromatic rings. The lowest BCUT2D eigenvalue weighted by atomic mass is 9.73. The van der Waals surface area contributed by atoms with Crippen molar-refractivity contribution in [1.29, 1.82) is 0 Å². The Morgan fingerprint density at radius 2 is 1.45 bits per heavy atom. The van der Waals surface area contributed by atoms with E-state index in [-0.39, 0.29) is 0 Å². The second kappa shape index (κ2) is 10.7. The first-order valence-corrected chi connectivity index (χ1v) is 16.5. The van der Waals surface area contributed by atoms with E-state index in [2.05, 4.69) is 39.5 Å². The topological polar surface area (TPSA) is 69.5 Å². The van der Waals surface area contributed by atoms with Gasteiger partial charge in [-0.25, -0.2) is 4.79 Å². The number of aromatic nitrogens is 3. The Bertz CT molecular complexity index is 1640. The largest absolute Gasteiger partial charge is 0.381 e. The number of methoxy groups -OCH3 is 1. The van der Waals surface area contributed by atoms with Gasteiger partial charge in [0.25, 0.3) is 0 Å². The van der Waals surface area contributed by atoms with Gasteiger partial charge in [0.2, 0.25) is 0 Å². The fourth-order valence-electron chi connectivity index (χ4n) is 9.76. The Balaban J connectivity index is 0.926. The van der Waals surface area contributed by atoms with Crippen molar-refractivity contribution in [2.75, 3.05) is 38.2 Å². The van der Waals surface area contributed by atoms with Crippen LogP contribution in [0, 0.1) is 0 Å². The Labute approximate surface area is 259 Å². The van der Waals surface area contributed by atoms with Gasteiger partial charge in [-0.3, -0.25) is 0 Å². The molecule has 8 heteroatoms. The fourth-order valence-corrected chi connectivity index (χ4v) is 9.76. The Morgan fingerprint density at radius 1 is 0.818 bits per heavy atom. The molecular formula is C36H42N5O3+. The number of carbonyl (C=O) groups is 1. The molecule has 0 N–H and O–H groups in total. The summed E-state index contributed by atoms with van der Waals surface area (Å²) >= 11 is 0. The summed E-state index contributed by atoms with van der Waals surface area (Å²) in [6, 6.07) is 23.9. The Hall–Kier alpha value is -3.75. The number of ether oxygens (including phenoxy) is 1. The first-order valence-electron chi connectivity index (χ1n) is 16.5. The standard InChI is InChI=1S/C36H42N5O3/c1-43-31-17-21-36(22-18-31)35(19-5-2-6-20-35)41(36)25-23-39(24-26-41)30-15-13-28(14-16-30)27-9-11-29(12-10-27)34(42)44-40-33-8-4-3-7-32(33)37-38-40/h3-4,7-16,31H,2,5-6,17-26H2,1H3/q+1/t31-,36+. The number of hydrogen-bond acceptors (Lipinski definition) is 6. The summed E-state index contributed by atoms with van der Waals surface area (Å²) in [4.78, 5) is 22.0. The maximum Gasteiger partial charge on any atom is 0.365 e. The number of benzene rings is 3. The summed E-state index contributed by atoms with van der Waals surface area (Å²) in [6.45, 7) is 4.82. The van der Waals surface area contributed by atoms with Crippen LogP contribution >= 0.6 is 0 Å². The van der Waals surface area contributed by atoms with E-state index in [1.54, 1.807) is 12.1 Å². The summed E-state index contributed by atoms with van der Waals surface area (Å²) in [5.41, 5.74) is 6.37. The zero-order valence-corrected chi connectivity index (χ0v) is 25.7. The third kappa shape index (κ3) is 4.14. The van der Waals surface area contributed by atoms with Crippen molar-refractivity contribution in [1.82, 2.24) is 15.2 Å². The monoisotopic (exact) mass is 592 g/mol. The maximum atomic E-state index is 12.8. The van der Waals surface area contributed by atoms with Gasteiger partial charge >= 0.3 is 5.97 Å². The van der Waals surface area contributed by atoms with Crippen LogP contribution in [-0.2, 0) is 4.74 Å². The lowest BCUT2D eigenvalue weighted by Gasteiger charge is -2.40. The molecule has 8 nitrogen and oxygen atoms in total. The molecule has 0 bridgehead atoms. The second-order valence-corrected chi connectivity index (χ2v) is 13.4. The lowest BCUT2D eigenvalue weighted by Crippen LogP contribution is -2.54. The van der Waals surface area contributed by atoms with Crippen LogP contribution < -0.4 is 9.74 Å². The Morgan fingerprint density at radius 3 is 2.14 bits per heavy atom. The van der Waals surface area contributed by atoms with Gasteiger partial charge in [-0.1, -0.05) is 47.7 Å². The van der Waals surface area contributed by atoms with Gasteiger partial charge in [-0.2, -0.15) is 0 Å². The molecule has 3 aromatic carbocycles. The molecule has 2 aliphatic heterocycles. The molecule has 2 aliphatic carbocycles. The molecule has 0 amide bonds. The summed E-state index contributed by atoms with van der Waals surface area (Å²) in [7, 11) is 1.90. The van der Waals surface area contributed by atoms with Gasteiger partial charge in [0, 0.05) is 38.5 Å². The van der Waals surface area contributed by atoms with Gasteiger partial charge < -0.3 is 19.0 Å². The predicted molar refractivity (Wildman–Crippen MR) is 170 cm³/mol. The summed E-state index contributed by atoms with van der Waals surface area (Å²) < 4.78 is 7.18. The molecule has 8 rings (SSSR count). The van der Waals surface area contributed by atoms with E-state index in [9.17, 15) is 4.79 Å². The summed E-state index contributed by atoms with van der Waals surface area (Å²) in [6.07, 6.45) is 12.8. The van der Waals surface area contributed by atoms with Crippen LogP contribution in [0.2, 0.25) is 0 Å². The van der Waals surface area contributed by atoms with Crippen LogP contribution in [0.1, 0.15) is 68.1 Å². The molecule has 2 saturated heterocycles. The highest BCUT2D eigenvalue weighted by Crippen LogP contribution is 2.71. The maximum absolute atomic E-state index is 12.8. The van der Waals surface area contributed by atoms with E-state index in [4.69, 9.17) is 9.57 Å². The van der Waals surface area contributed by atoms with Gasteiger partial charge in [-0.15, -0.1) is 5.10 Å². The van der Waals surface area contributed by atoms with Crippen molar-refractivity contribution in [3.05, 3.63) is 78.4 Å². The van der Waals surface area contributed by atoms with E-state index in [0.29, 0.717) is 33.8 Å². The highest BCUT2D eigenvalue weighted by molar-refractivity contribution is 5.90. The third-order valence-corrected chi connectivity index (χ3v) is 11.9. The molecule has 2 saturated carbocycles. The van der Waals surface area contributed by atoms with Gasteiger partial charge in [0.05, 0.1) is 37.8 Å². The zero-order chi connectivity index (χ0) is 29.8. The number of anilines is 1. The first-order chi connectivity index (χ1) is 21.6. The van der Waals surface area contributed by atoms with Crippen LogP contribution in [0.5, 0.6) is 0 Å². The molecule has 4 aliphatic rings. The highest BCUT2D eigenvalue weighted by atomic mass is 16.7. The summed E-state index contributed by atoms with van der Waals surface area (Å²) in [5.74, 6) is -0.469. The van der Waals surface area contributed by atoms with Crippen LogP contribution in [0.4, 0.5) is 5.69 Å². The molecule has 4 fully saturated rings. The second-order valence-electron chi connectivity index (χ2n) is 13.4. The van der Waals surface area contributed by atoms with Crippen LogP contribution in [0.3, 0.4) is 0 Å². The SMILES string of the molecule is CO[C@H]1CC[C@@]2(CC1)C1(CCCCC1)[N+]21CCN(c2ccc(-c3ccc(C(=O)On4nnc5ccccc54)cc3)cc2)CC1. The number of rotatable bonds is 5. The summed E-state index contributed by atoms with van der Waals surface area (Å²) in [5, 5.41) is 7.99. The van der Waals surface area contributed by atoms with Gasteiger partial charge in [0.1, 0.15) is 11.0 Å². The van der Waals surface area contributed by atoms with Gasteiger partial charge in [0.15, 0.2) is 11.1 Å². The van der Waals surface area contributed by atoms with Crippen molar-refractivity contribution in [3.63, 3.8) is 0 Å². The van der Waals surface area contributed by atoms with E-state index < -0.39 is 5.97 Å². The number of quaternary nitrogens is 1. The van der Waals surface area contributed by atoms with Crippen molar-refractivity contribution in [2.45, 2.75) is 75.0 Å². The van der Waals surface area contributed by atoms with E-state index in [1.165, 1.54) is 85.9 Å². The first kappa shape index (κ1) is 27.8. The van der Waals surface area contributed by atoms with Crippen LogP contribution in [-0.4, -0.2) is 76.1 Å².